The third kappa shape index (κ3) is 2.38. The summed E-state index contributed by atoms with van der Waals surface area (Å²) in [6, 6.07) is 0. The number of aliphatic carboxylic acids is 1. The zero-order chi connectivity index (χ0) is 13.1. The molecule has 0 radical (unpaired) electrons. The number of hydrogen-bond donors (Lipinski definition) is 1. The van der Waals surface area contributed by atoms with Gasteiger partial charge in [-0.2, -0.15) is 0 Å². The van der Waals surface area contributed by atoms with Crippen molar-refractivity contribution in [3.05, 3.63) is 0 Å². The van der Waals surface area contributed by atoms with Gasteiger partial charge in [-0.05, 0) is 6.42 Å². The van der Waals surface area contributed by atoms with E-state index in [1.165, 1.54) is 0 Å². The van der Waals surface area contributed by atoms with E-state index in [0.29, 0.717) is 0 Å². The first kappa shape index (κ1) is 13.4. The maximum Gasteiger partial charge on any atom is 0.339 e. The summed E-state index contributed by atoms with van der Waals surface area (Å²) < 4.78 is 14.2. The summed E-state index contributed by atoms with van der Waals surface area (Å²) in [6.45, 7) is 0.0864. The zero-order valence-corrected chi connectivity index (χ0v) is 9.60. The zero-order valence-electron chi connectivity index (χ0n) is 9.60. The van der Waals surface area contributed by atoms with Gasteiger partial charge >= 0.3 is 17.9 Å². The fourth-order valence-electron chi connectivity index (χ4n) is 1.92. The normalized spacial score (nSPS) is 27.5. The molecular formula is C10H14O7. The van der Waals surface area contributed by atoms with Crippen LogP contribution in [0.3, 0.4) is 0 Å². The molecule has 1 saturated heterocycles. The lowest BCUT2D eigenvalue weighted by molar-refractivity contribution is -0.179. The lowest BCUT2D eigenvalue weighted by Gasteiger charge is -2.27. The Bertz CT molecular complexity index is 338. The van der Waals surface area contributed by atoms with E-state index < -0.39 is 35.8 Å². The number of methoxy groups -OCH3 is 2. The molecule has 0 spiro atoms. The van der Waals surface area contributed by atoms with E-state index in [1.54, 1.807) is 0 Å². The molecule has 0 aromatic heterocycles. The van der Waals surface area contributed by atoms with Crippen molar-refractivity contribution in [1.29, 1.82) is 0 Å². The van der Waals surface area contributed by atoms with Crippen LogP contribution in [-0.2, 0) is 28.6 Å². The first-order valence-corrected chi connectivity index (χ1v) is 5.00. The van der Waals surface area contributed by atoms with Crippen LogP contribution in [-0.4, -0.2) is 49.4 Å². The van der Waals surface area contributed by atoms with Gasteiger partial charge in [0.05, 0.1) is 26.6 Å². The van der Waals surface area contributed by atoms with E-state index in [1.807, 2.05) is 0 Å². The summed E-state index contributed by atoms with van der Waals surface area (Å²) >= 11 is 0. The second-order valence-corrected chi connectivity index (χ2v) is 3.66. The smallest absolute Gasteiger partial charge is 0.339 e. The molecule has 0 aromatic rings. The van der Waals surface area contributed by atoms with Crippen molar-refractivity contribution in [2.24, 2.45) is 5.92 Å². The first-order valence-electron chi connectivity index (χ1n) is 5.00. The number of carbonyl (C=O) groups is 3. The molecule has 1 rings (SSSR count). The van der Waals surface area contributed by atoms with Crippen molar-refractivity contribution in [3.8, 4) is 0 Å². The molecule has 0 bridgehead atoms. The summed E-state index contributed by atoms with van der Waals surface area (Å²) in [7, 11) is 2.26. The number of carbonyl (C=O) groups excluding carboxylic acids is 2. The van der Waals surface area contributed by atoms with Crippen LogP contribution in [0.5, 0.6) is 0 Å². The van der Waals surface area contributed by atoms with Crippen LogP contribution in [0.15, 0.2) is 0 Å². The van der Waals surface area contributed by atoms with Crippen molar-refractivity contribution >= 4 is 17.9 Å². The minimum Gasteiger partial charge on any atom is -0.481 e. The third-order valence-corrected chi connectivity index (χ3v) is 2.79. The van der Waals surface area contributed by atoms with E-state index in [-0.39, 0.29) is 13.0 Å². The summed E-state index contributed by atoms with van der Waals surface area (Å²) in [5, 5.41) is 9.04. The molecule has 1 aliphatic rings. The van der Waals surface area contributed by atoms with Crippen molar-refractivity contribution in [1.82, 2.24) is 0 Å². The molecule has 96 valence electrons. The summed E-state index contributed by atoms with van der Waals surface area (Å²) in [6.07, 6.45) is -0.311. The molecule has 0 aromatic carbocycles. The van der Waals surface area contributed by atoms with Crippen LogP contribution in [0, 0.1) is 5.92 Å². The monoisotopic (exact) mass is 246 g/mol. The predicted octanol–water partition coefficient (Wildman–Crippen LogP) is -0.418. The molecule has 1 aliphatic heterocycles. The number of ether oxygens (including phenoxy) is 3. The SMILES string of the molecule is COC(=O)C[C@@]1(C(=O)OC)OCC[C@H]1C(=O)O. The summed E-state index contributed by atoms with van der Waals surface area (Å²) in [5.41, 5.74) is -1.77. The highest BCUT2D eigenvalue weighted by Crippen LogP contribution is 2.37. The Balaban J connectivity index is 3.04. The van der Waals surface area contributed by atoms with Gasteiger partial charge in [0.15, 0.2) is 5.60 Å². The van der Waals surface area contributed by atoms with E-state index in [4.69, 9.17) is 9.84 Å². The Labute approximate surface area is 97.6 Å². The molecule has 17 heavy (non-hydrogen) atoms. The van der Waals surface area contributed by atoms with Gasteiger partial charge in [-0.25, -0.2) is 4.79 Å². The number of rotatable bonds is 4. The average molecular weight is 246 g/mol. The maximum atomic E-state index is 11.7. The number of esters is 2. The number of carboxylic acids is 1. The minimum absolute atomic E-state index is 0.0864. The Kier molecular flexibility index (Phi) is 4.06. The van der Waals surface area contributed by atoms with Crippen molar-refractivity contribution in [2.45, 2.75) is 18.4 Å². The molecular weight excluding hydrogens is 232 g/mol. The van der Waals surface area contributed by atoms with E-state index in [0.717, 1.165) is 14.2 Å². The highest BCUT2D eigenvalue weighted by Gasteiger charge is 2.56. The fraction of sp³-hybridized carbons (Fsp3) is 0.700. The predicted molar refractivity (Wildman–Crippen MR) is 53.1 cm³/mol. The van der Waals surface area contributed by atoms with Gasteiger partial charge in [0.2, 0.25) is 0 Å². The van der Waals surface area contributed by atoms with Crippen molar-refractivity contribution in [3.63, 3.8) is 0 Å². The van der Waals surface area contributed by atoms with E-state index in [9.17, 15) is 14.4 Å². The molecule has 7 nitrogen and oxygen atoms in total. The molecule has 0 amide bonds. The van der Waals surface area contributed by atoms with E-state index in [2.05, 4.69) is 9.47 Å². The van der Waals surface area contributed by atoms with Gasteiger partial charge in [0, 0.05) is 6.61 Å². The van der Waals surface area contributed by atoms with Gasteiger partial charge in [-0.3, -0.25) is 9.59 Å². The fourth-order valence-corrected chi connectivity index (χ4v) is 1.92. The Morgan fingerprint density at radius 2 is 2.00 bits per heavy atom. The quantitative estimate of drug-likeness (QED) is 0.672. The molecule has 2 atom stereocenters. The van der Waals surface area contributed by atoms with Crippen LogP contribution >= 0.6 is 0 Å². The molecule has 0 unspecified atom stereocenters. The minimum atomic E-state index is -1.77. The van der Waals surface area contributed by atoms with Crippen molar-refractivity contribution in [2.75, 3.05) is 20.8 Å². The Morgan fingerprint density at radius 1 is 1.35 bits per heavy atom. The second-order valence-electron chi connectivity index (χ2n) is 3.66. The molecule has 1 heterocycles. The lowest BCUT2D eigenvalue weighted by atomic mass is 9.84. The number of carboxylic acid groups (broad SMARTS) is 1. The van der Waals surface area contributed by atoms with Gasteiger partial charge in [0.1, 0.15) is 0 Å². The van der Waals surface area contributed by atoms with Crippen LogP contribution < -0.4 is 0 Å². The highest BCUT2D eigenvalue weighted by atomic mass is 16.6. The van der Waals surface area contributed by atoms with Gasteiger partial charge in [-0.1, -0.05) is 0 Å². The summed E-state index contributed by atoms with van der Waals surface area (Å²) in [4.78, 5) is 34.0. The highest BCUT2D eigenvalue weighted by molar-refractivity contribution is 5.91. The standard InChI is InChI=1S/C10H14O7/c1-15-7(11)5-10(9(14)16-2)6(8(12)13)3-4-17-10/h6H,3-5H2,1-2H3,(H,12,13)/t6-,10+/m0/s1. The van der Waals surface area contributed by atoms with Gasteiger partial charge < -0.3 is 19.3 Å². The molecule has 7 heteroatoms. The number of hydrogen-bond acceptors (Lipinski definition) is 6. The van der Waals surface area contributed by atoms with Crippen LogP contribution in [0.1, 0.15) is 12.8 Å². The molecule has 0 saturated carbocycles. The topological polar surface area (TPSA) is 99.1 Å². The molecule has 1 fully saturated rings. The van der Waals surface area contributed by atoms with E-state index >= 15 is 0 Å². The summed E-state index contributed by atoms with van der Waals surface area (Å²) in [5.74, 6) is -3.89. The Hall–Kier alpha value is -1.63. The maximum absolute atomic E-state index is 11.7. The van der Waals surface area contributed by atoms with Crippen LogP contribution in [0.25, 0.3) is 0 Å². The molecule has 1 N–H and O–H groups in total. The third-order valence-electron chi connectivity index (χ3n) is 2.79. The van der Waals surface area contributed by atoms with Gasteiger partial charge in [-0.15, -0.1) is 0 Å². The average Bonchev–Trinajstić information content (AvgIpc) is 2.72. The van der Waals surface area contributed by atoms with Crippen LogP contribution in [0.2, 0.25) is 0 Å². The lowest BCUT2D eigenvalue weighted by Crippen LogP contribution is -2.49. The van der Waals surface area contributed by atoms with Gasteiger partial charge in [0.25, 0.3) is 0 Å². The van der Waals surface area contributed by atoms with Crippen molar-refractivity contribution < 1.29 is 33.7 Å². The largest absolute Gasteiger partial charge is 0.481 e. The Morgan fingerprint density at radius 3 is 2.47 bits per heavy atom. The molecule has 0 aliphatic carbocycles. The van der Waals surface area contributed by atoms with Crippen LogP contribution in [0.4, 0.5) is 0 Å². The first-order chi connectivity index (χ1) is 7.97. The second kappa shape index (κ2) is 5.13.